The molecule has 1 atom stereocenters. The van der Waals surface area contributed by atoms with E-state index >= 15 is 0 Å². The SMILES string of the molecule is CCc1ccc(CC(N)c2cnc(C)s2)nc1. The van der Waals surface area contributed by atoms with Crippen LogP contribution in [0, 0.1) is 6.92 Å². The molecule has 0 bridgehead atoms. The predicted octanol–water partition coefficient (Wildman–Crippen LogP) is 2.65. The zero-order chi connectivity index (χ0) is 12.3. The second-order valence-electron chi connectivity index (χ2n) is 4.10. The first-order chi connectivity index (χ1) is 8.19. The fraction of sp³-hybridized carbons (Fsp3) is 0.385. The van der Waals surface area contributed by atoms with Crippen LogP contribution in [-0.4, -0.2) is 9.97 Å². The number of nitrogens with zero attached hydrogens (tertiary/aromatic N) is 2. The minimum Gasteiger partial charge on any atom is -0.323 e. The van der Waals surface area contributed by atoms with Gasteiger partial charge in [-0.25, -0.2) is 4.98 Å². The van der Waals surface area contributed by atoms with Gasteiger partial charge in [0.2, 0.25) is 0 Å². The first kappa shape index (κ1) is 12.2. The first-order valence-electron chi connectivity index (χ1n) is 5.80. The lowest BCUT2D eigenvalue weighted by molar-refractivity contribution is 0.717. The molecule has 4 heteroatoms. The number of nitrogens with two attached hydrogens (primary N) is 1. The highest BCUT2D eigenvalue weighted by Crippen LogP contribution is 2.21. The lowest BCUT2D eigenvalue weighted by Crippen LogP contribution is -2.12. The van der Waals surface area contributed by atoms with E-state index in [0.717, 1.165) is 28.4 Å². The summed E-state index contributed by atoms with van der Waals surface area (Å²) in [5.74, 6) is 0. The molecule has 0 radical (unpaired) electrons. The number of aryl methyl sites for hydroxylation is 2. The van der Waals surface area contributed by atoms with Crippen LogP contribution in [0.2, 0.25) is 0 Å². The Bertz CT molecular complexity index is 476. The van der Waals surface area contributed by atoms with Crippen molar-refractivity contribution in [3.63, 3.8) is 0 Å². The van der Waals surface area contributed by atoms with Crippen molar-refractivity contribution in [3.8, 4) is 0 Å². The Morgan fingerprint density at radius 1 is 1.29 bits per heavy atom. The Morgan fingerprint density at radius 3 is 2.65 bits per heavy atom. The molecule has 0 saturated heterocycles. The molecule has 0 amide bonds. The highest BCUT2D eigenvalue weighted by molar-refractivity contribution is 7.11. The van der Waals surface area contributed by atoms with Gasteiger partial charge in [-0.1, -0.05) is 13.0 Å². The average molecular weight is 247 g/mol. The molecule has 2 N–H and O–H groups in total. The van der Waals surface area contributed by atoms with E-state index in [1.165, 1.54) is 5.56 Å². The van der Waals surface area contributed by atoms with E-state index in [1.807, 2.05) is 19.3 Å². The third-order valence-corrected chi connectivity index (χ3v) is 3.77. The third kappa shape index (κ3) is 3.11. The molecule has 2 rings (SSSR count). The van der Waals surface area contributed by atoms with Crippen molar-refractivity contribution < 1.29 is 0 Å². The normalized spacial score (nSPS) is 12.6. The second kappa shape index (κ2) is 5.38. The fourth-order valence-electron chi connectivity index (χ4n) is 1.66. The van der Waals surface area contributed by atoms with Crippen molar-refractivity contribution >= 4 is 11.3 Å². The van der Waals surface area contributed by atoms with E-state index in [-0.39, 0.29) is 6.04 Å². The molecule has 2 aromatic heterocycles. The summed E-state index contributed by atoms with van der Waals surface area (Å²) in [4.78, 5) is 9.78. The molecule has 90 valence electrons. The van der Waals surface area contributed by atoms with E-state index in [0.29, 0.717) is 0 Å². The quantitative estimate of drug-likeness (QED) is 0.903. The van der Waals surface area contributed by atoms with Gasteiger partial charge in [0.05, 0.1) is 5.01 Å². The van der Waals surface area contributed by atoms with Gasteiger partial charge in [0.15, 0.2) is 0 Å². The maximum Gasteiger partial charge on any atom is 0.0897 e. The zero-order valence-corrected chi connectivity index (χ0v) is 11.0. The third-order valence-electron chi connectivity index (χ3n) is 2.73. The summed E-state index contributed by atoms with van der Waals surface area (Å²) in [5, 5.41) is 1.06. The lowest BCUT2D eigenvalue weighted by Gasteiger charge is -2.08. The van der Waals surface area contributed by atoms with Crippen LogP contribution in [0.25, 0.3) is 0 Å². The van der Waals surface area contributed by atoms with Gasteiger partial charge in [-0.3, -0.25) is 4.98 Å². The Morgan fingerprint density at radius 2 is 2.12 bits per heavy atom. The van der Waals surface area contributed by atoms with Crippen molar-refractivity contribution in [2.45, 2.75) is 32.7 Å². The van der Waals surface area contributed by atoms with Gasteiger partial charge in [-0.05, 0) is 25.0 Å². The molecule has 3 nitrogen and oxygen atoms in total. The molecule has 0 aliphatic heterocycles. The van der Waals surface area contributed by atoms with Crippen LogP contribution in [0.5, 0.6) is 0 Å². The standard InChI is InChI=1S/C13H17N3S/c1-3-10-4-5-11(16-7-10)6-12(14)13-8-15-9(2)17-13/h4-5,7-8,12H,3,6,14H2,1-2H3. The van der Waals surface area contributed by atoms with Crippen LogP contribution in [-0.2, 0) is 12.8 Å². The van der Waals surface area contributed by atoms with E-state index in [1.54, 1.807) is 11.3 Å². The van der Waals surface area contributed by atoms with Crippen molar-refractivity contribution in [2.75, 3.05) is 0 Å². The highest BCUT2D eigenvalue weighted by atomic mass is 32.1. The number of hydrogen-bond donors (Lipinski definition) is 1. The molecule has 2 aromatic rings. The van der Waals surface area contributed by atoms with Gasteiger partial charge < -0.3 is 5.73 Å². The smallest absolute Gasteiger partial charge is 0.0897 e. The van der Waals surface area contributed by atoms with Crippen LogP contribution >= 0.6 is 11.3 Å². The molecular formula is C13H17N3S. The van der Waals surface area contributed by atoms with Crippen molar-refractivity contribution in [1.29, 1.82) is 0 Å². The second-order valence-corrected chi connectivity index (χ2v) is 5.37. The van der Waals surface area contributed by atoms with Crippen molar-refractivity contribution in [2.24, 2.45) is 5.73 Å². The van der Waals surface area contributed by atoms with Gasteiger partial charge in [0.1, 0.15) is 0 Å². The van der Waals surface area contributed by atoms with E-state index in [9.17, 15) is 0 Å². The van der Waals surface area contributed by atoms with Crippen LogP contribution < -0.4 is 5.73 Å². The molecule has 0 fully saturated rings. The summed E-state index contributed by atoms with van der Waals surface area (Å²) in [6.45, 7) is 4.12. The van der Waals surface area contributed by atoms with Gasteiger partial charge in [0, 0.05) is 35.4 Å². The Kier molecular flexibility index (Phi) is 3.86. The molecule has 2 heterocycles. The molecule has 17 heavy (non-hydrogen) atoms. The molecule has 0 aromatic carbocycles. The van der Waals surface area contributed by atoms with Gasteiger partial charge in [-0.15, -0.1) is 11.3 Å². The number of thiazole rings is 1. The van der Waals surface area contributed by atoms with Crippen LogP contribution in [0.1, 0.15) is 34.1 Å². The van der Waals surface area contributed by atoms with Gasteiger partial charge in [0.25, 0.3) is 0 Å². The maximum atomic E-state index is 6.14. The molecular weight excluding hydrogens is 230 g/mol. The summed E-state index contributed by atoms with van der Waals surface area (Å²) in [6, 6.07) is 4.18. The van der Waals surface area contributed by atoms with Crippen LogP contribution in [0.4, 0.5) is 0 Å². The maximum absolute atomic E-state index is 6.14. The summed E-state index contributed by atoms with van der Waals surface area (Å²) < 4.78 is 0. The van der Waals surface area contributed by atoms with E-state index in [2.05, 4.69) is 29.0 Å². The summed E-state index contributed by atoms with van der Waals surface area (Å²) in [7, 11) is 0. The number of hydrogen-bond acceptors (Lipinski definition) is 4. The summed E-state index contributed by atoms with van der Waals surface area (Å²) >= 11 is 1.66. The average Bonchev–Trinajstić information content (AvgIpc) is 2.77. The molecule has 0 saturated carbocycles. The van der Waals surface area contributed by atoms with E-state index < -0.39 is 0 Å². The number of pyridine rings is 1. The van der Waals surface area contributed by atoms with Crippen LogP contribution in [0.15, 0.2) is 24.5 Å². The van der Waals surface area contributed by atoms with Crippen LogP contribution in [0.3, 0.4) is 0 Å². The minimum atomic E-state index is 0.00109. The molecule has 1 unspecified atom stereocenters. The summed E-state index contributed by atoms with van der Waals surface area (Å²) in [5.41, 5.74) is 8.44. The molecule has 0 aliphatic carbocycles. The Balaban J connectivity index is 2.04. The Labute approximate surface area is 106 Å². The highest BCUT2D eigenvalue weighted by Gasteiger charge is 2.10. The Hall–Kier alpha value is -1.26. The van der Waals surface area contributed by atoms with E-state index in [4.69, 9.17) is 5.73 Å². The largest absolute Gasteiger partial charge is 0.323 e. The minimum absolute atomic E-state index is 0.00109. The predicted molar refractivity (Wildman–Crippen MR) is 71.1 cm³/mol. The summed E-state index contributed by atoms with van der Waals surface area (Å²) in [6.07, 6.45) is 5.59. The first-order valence-corrected chi connectivity index (χ1v) is 6.62. The lowest BCUT2D eigenvalue weighted by atomic mass is 10.1. The van der Waals surface area contributed by atoms with Gasteiger partial charge in [-0.2, -0.15) is 0 Å². The monoisotopic (exact) mass is 247 g/mol. The zero-order valence-electron chi connectivity index (χ0n) is 10.2. The number of aromatic nitrogens is 2. The van der Waals surface area contributed by atoms with Gasteiger partial charge >= 0.3 is 0 Å². The fourth-order valence-corrected chi connectivity index (χ4v) is 2.45. The topological polar surface area (TPSA) is 51.8 Å². The molecule has 0 spiro atoms. The van der Waals surface area contributed by atoms with Crippen molar-refractivity contribution in [1.82, 2.24) is 9.97 Å². The van der Waals surface area contributed by atoms with Crippen molar-refractivity contribution in [3.05, 3.63) is 45.7 Å². The molecule has 0 aliphatic rings. The number of rotatable bonds is 4.